The van der Waals surface area contributed by atoms with Gasteiger partial charge in [0, 0.05) is 29.0 Å². The number of carboxylic acid groups (broad SMARTS) is 1. The molecule has 2 aromatic rings. The molecule has 2 N–H and O–H groups in total. The number of aromatic amines is 1. The number of nitrogens with one attached hydrogen (secondary N) is 1. The Morgan fingerprint density at radius 3 is 2.61 bits per heavy atom. The predicted molar refractivity (Wildman–Crippen MR) is 123 cm³/mol. The number of hydrogen-bond acceptors (Lipinski definition) is 6. The molecule has 2 saturated carbocycles. The van der Waals surface area contributed by atoms with E-state index in [2.05, 4.69) is 24.0 Å². The van der Waals surface area contributed by atoms with Crippen LogP contribution in [0.1, 0.15) is 41.2 Å². The summed E-state index contributed by atoms with van der Waals surface area (Å²) < 4.78 is 0. The lowest BCUT2D eigenvalue weighted by Gasteiger charge is -2.43. The largest absolute Gasteiger partial charge is 0.481 e. The zero-order chi connectivity index (χ0) is 23.0. The molecule has 7 nitrogen and oxygen atoms in total. The van der Waals surface area contributed by atoms with E-state index in [4.69, 9.17) is 5.11 Å². The summed E-state index contributed by atoms with van der Waals surface area (Å²) in [6.45, 7) is 2.27. The monoisotopic (exact) mass is 484 g/mol. The highest BCUT2D eigenvalue weighted by atomic mass is 32.2. The molecule has 2 amide bonds. The first kappa shape index (κ1) is 21.2. The number of H-pyrrole nitrogens is 1. The van der Waals surface area contributed by atoms with E-state index >= 15 is 0 Å². The number of aromatic nitrogens is 1. The number of carbonyl (C=O) groups excluding carboxylic acids is 2. The van der Waals surface area contributed by atoms with Gasteiger partial charge in [0.2, 0.25) is 11.8 Å². The van der Waals surface area contributed by atoms with E-state index < -0.39 is 5.97 Å². The summed E-state index contributed by atoms with van der Waals surface area (Å²) in [5, 5.41) is 10.0. The number of carboxylic acids is 1. The van der Waals surface area contributed by atoms with Crippen LogP contribution in [0.4, 0.5) is 0 Å². The first-order chi connectivity index (χ1) is 15.9. The van der Waals surface area contributed by atoms with Crippen molar-refractivity contribution in [2.75, 3.05) is 6.54 Å². The Labute approximate surface area is 198 Å². The number of imide groups is 1. The van der Waals surface area contributed by atoms with Crippen LogP contribution in [0.25, 0.3) is 0 Å². The van der Waals surface area contributed by atoms with Crippen LogP contribution in [-0.2, 0) is 14.4 Å². The molecule has 7 atom stereocenters. The van der Waals surface area contributed by atoms with E-state index in [0.717, 1.165) is 16.3 Å². The number of amides is 2. The SMILES string of the molecule is Cc1ccccc1[C@H]1c2sc(=O)[nH]c2SC2C3CC(C4C(=O)N(CCCC(=O)O)C(=O)C34)C21. The van der Waals surface area contributed by atoms with Gasteiger partial charge < -0.3 is 10.1 Å². The van der Waals surface area contributed by atoms with Gasteiger partial charge in [0.1, 0.15) is 0 Å². The molecule has 1 saturated heterocycles. The third kappa shape index (κ3) is 3.01. The highest BCUT2D eigenvalue weighted by molar-refractivity contribution is 8.00. The minimum atomic E-state index is -0.919. The molecule has 33 heavy (non-hydrogen) atoms. The lowest BCUT2D eigenvalue weighted by atomic mass is 9.67. The van der Waals surface area contributed by atoms with Crippen molar-refractivity contribution in [1.29, 1.82) is 0 Å². The summed E-state index contributed by atoms with van der Waals surface area (Å²) in [4.78, 5) is 55.2. The maximum atomic E-state index is 13.4. The Hall–Kier alpha value is -2.39. The highest BCUT2D eigenvalue weighted by Gasteiger charge is 2.69. The fraction of sp³-hybridized carbons (Fsp3) is 0.500. The third-order valence-corrected chi connectivity index (χ3v) is 10.7. The van der Waals surface area contributed by atoms with Gasteiger partial charge in [-0.2, -0.15) is 0 Å². The summed E-state index contributed by atoms with van der Waals surface area (Å²) in [6, 6.07) is 8.26. The van der Waals surface area contributed by atoms with Crippen LogP contribution >= 0.6 is 23.1 Å². The Morgan fingerprint density at radius 1 is 1.15 bits per heavy atom. The minimum Gasteiger partial charge on any atom is -0.481 e. The molecule has 0 radical (unpaired) electrons. The highest BCUT2D eigenvalue weighted by Crippen LogP contribution is 2.68. The first-order valence-electron chi connectivity index (χ1n) is 11.4. The van der Waals surface area contributed by atoms with Crippen molar-refractivity contribution < 1.29 is 19.5 Å². The molecule has 1 aromatic carbocycles. The van der Waals surface area contributed by atoms with Crippen molar-refractivity contribution in [3.8, 4) is 0 Å². The zero-order valence-corrected chi connectivity index (χ0v) is 19.7. The number of benzene rings is 1. The lowest BCUT2D eigenvalue weighted by molar-refractivity contribution is -0.142. The molecule has 9 heteroatoms. The van der Waals surface area contributed by atoms with Gasteiger partial charge in [-0.05, 0) is 48.6 Å². The second-order valence-corrected chi connectivity index (χ2v) is 11.8. The molecule has 3 fully saturated rings. The molecular weight excluding hydrogens is 460 g/mol. The lowest BCUT2D eigenvalue weighted by Crippen LogP contribution is -2.42. The molecule has 6 rings (SSSR count). The first-order valence-corrected chi connectivity index (χ1v) is 13.1. The maximum absolute atomic E-state index is 13.4. The molecule has 2 bridgehead atoms. The summed E-state index contributed by atoms with van der Waals surface area (Å²) in [5.41, 5.74) is 2.37. The van der Waals surface area contributed by atoms with Gasteiger partial charge in [-0.1, -0.05) is 35.6 Å². The normalized spacial score (nSPS) is 33.8. The number of likely N-dealkylation sites (tertiary alicyclic amines) is 1. The molecular formula is C24H24N2O5S2. The van der Waals surface area contributed by atoms with Crippen LogP contribution in [0.5, 0.6) is 0 Å². The van der Waals surface area contributed by atoms with E-state index in [1.807, 2.05) is 12.1 Å². The fourth-order valence-electron chi connectivity index (χ4n) is 6.97. The Bertz CT molecular complexity index is 1240. The fourth-order valence-corrected chi connectivity index (χ4v) is 9.85. The average molecular weight is 485 g/mol. The number of carbonyl (C=O) groups is 3. The van der Waals surface area contributed by atoms with Crippen molar-refractivity contribution in [3.63, 3.8) is 0 Å². The van der Waals surface area contributed by atoms with Gasteiger partial charge in [-0.15, -0.1) is 11.8 Å². The van der Waals surface area contributed by atoms with Crippen LogP contribution in [0.3, 0.4) is 0 Å². The van der Waals surface area contributed by atoms with E-state index in [9.17, 15) is 19.2 Å². The summed E-state index contributed by atoms with van der Waals surface area (Å²) in [6.07, 6.45) is 1.09. The zero-order valence-electron chi connectivity index (χ0n) is 18.0. The summed E-state index contributed by atoms with van der Waals surface area (Å²) in [5.74, 6) is -1.39. The van der Waals surface area contributed by atoms with Crippen molar-refractivity contribution in [1.82, 2.24) is 9.88 Å². The van der Waals surface area contributed by atoms with Crippen molar-refractivity contribution in [3.05, 3.63) is 49.9 Å². The summed E-state index contributed by atoms with van der Waals surface area (Å²) in [7, 11) is 0. The van der Waals surface area contributed by atoms with Crippen molar-refractivity contribution in [2.24, 2.45) is 29.6 Å². The van der Waals surface area contributed by atoms with Crippen LogP contribution in [0.2, 0.25) is 0 Å². The quantitative estimate of drug-likeness (QED) is 0.632. The number of fused-ring (bicyclic) bond motifs is 9. The van der Waals surface area contributed by atoms with E-state index in [-0.39, 0.29) is 76.8 Å². The number of aryl methyl sites for hydroxylation is 1. The van der Waals surface area contributed by atoms with Crippen LogP contribution in [0.15, 0.2) is 34.1 Å². The Balaban J connectivity index is 1.39. The number of rotatable bonds is 5. The van der Waals surface area contributed by atoms with Gasteiger partial charge in [0.15, 0.2) is 0 Å². The van der Waals surface area contributed by atoms with Gasteiger partial charge >= 0.3 is 10.8 Å². The number of aliphatic carboxylic acids is 1. The average Bonchev–Trinajstić information content (AvgIpc) is 3.49. The third-order valence-electron chi connectivity index (χ3n) is 8.11. The molecule has 2 aliphatic heterocycles. The van der Waals surface area contributed by atoms with Gasteiger partial charge in [-0.25, -0.2) is 0 Å². The maximum Gasteiger partial charge on any atom is 0.305 e. The van der Waals surface area contributed by atoms with E-state index in [1.165, 1.54) is 27.4 Å². The minimum absolute atomic E-state index is 0.0383. The van der Waals surface area contributed by atoms with Crippen LogP contribution < -0.4 is 4.87 Å². The van der Waals surface area contributed by atoms with E-state index in [1.54, 1.807) is 11.8 Å². The van der Waals surface area contributed by atoms with Crippen LogP contribution in [0, 0.1) is 36.5 Å². The van der Waals surface area contributed by atoms with Crippen LogP contribution in [-0.4, -0.2) is 44.6 Å². The molecule has 3 heterocycles. The molecule has 6 unspecified atom stereocenters. The molecule has 0 spiro atoms. The predicted octanol–water partition coefficient (Wildman–Crippen LogP) is 3.08. The van der Waals surface area contributed by atoms with Crippen molar-refractivity contribution >= 4 is 40.9 Å². The number of nitrogens with zero attached hydrogens (tertiary/aromatic N) is 1. The van der Waals surface area contributed by atoms with Gasteiger partial charge in [-0.3, -0.25) is 24.1 Å². The number of thioether (sulfide) groups is 1. The summed E-state index contributed by atoms with van der Waals surface area (Å²) >= 11 is 2.96. The molecule has 4 aliphatic rings. The van der Waals surface area contributed by atoms with Gasteiger partial charge in [0.25, 0.3) is 0 Å². The van der Waals surface area contributed by atoms with E-state index in [0.29, 0.717) is 0 Å². The Morgan fingerprint density at radius 2 is 1.88 bits per heavy atom. The second kappa shape index (κ2) is 7.56. The Kier molecular flexibility index (Phi) is 4.85. The molecule has 1 aromatic heterocycles. The second-order valence-electron chi connectivity index (χ2n) is 9.64. The number of thiazole rings is 1. The smallest absolute Gasteiger partial charge is 0.305 e. The molecule has 2 aliphatic carbocycles. The van der Waals surface area contributed by atoms with Gasteiger partial charge in [0.05, 0.1) is 16.9 Å². The van der Waals surface area contributed by atoms with Crippen molar-refractivity contribution in [2.45, 2.75) is 42.4 Å². The topological polar surface area (TPSA) is 108 Å². The standard InChI is InChI=1S/C24H24N2O5S2/c1-10-5-2-3-6-11(10)15-16-12-9-13(19(16)32-21-20(15)33-24(31)25-21)18-17(12)22(29)26(23(18)30)8-4-7-14(27)28/h2-3,5-6,12-13,15-19H,4,7-9H2,1H3,(H,25,31)(H,27,28)/t12?,13?,15-,16?,17?,18?,19?/m1/s1. The molecule has 172 valence electrons. The number of hydrogen-bond donors (Lipinski definition) is 2.